The van der Waals surface area contributed by atoms with Gasteiger partial charge in [-0.1, -0.05) is 13.8 Å². The van der Waals surface area contributed by atoms with Gasteiger partial charge in [-0.2, -0.15) is 0 Å². The lowest BCUT2D eigenvalue weighted by Gasteiger charge is -2.09. The van der Waals surface area contributed by atoms with Crippen LogP contribution in [0.3, 0.4) is 0 Å². The molecule has 0 aliphatic heterocycles. The zero-order valence-corrected chi connectivity index (χ0v) is 9.15. The minimum absolute atomic E-state index is 0.400. The van der Waals surface area contributed by atoms with Crippen molar-refractivity contribution in [2.75, 3.05) is 12.4 Å². The third-order valence-corrected chi connectivity index (χ3v) is 2.37. The van der Waals surface area contributed by atoms with Gasteiger partial charge in [-0.3, -0.25) is 0 Å². The van der Waals surface area contributed by atoms with Crippen LogP contribution in [0, 0.1) is 0 Å². The maximum Gasteiger partial charge on any atom is 0.164 e. The molecule has 0 aliphatic rings. The number of nitrogens with zero attached hydrogens (tertiary/aromatic N) is 3. The number of nitrogens with one attached hydrogen (secondary N) is 1. The van der Waals surface area contributed by atoms with E-state index < -0.39 is 0 Å². The molecule has 4 heteroatoms. The summed E-state index contributed by atoms with van der Waals surface area (Å²) >= 11 is 0. The Kier molecular flexibility index (Phi) is 2.49. The number of pyridine rings is 1. The monoisotopic (exact) mass is 202 g/mol. The van der Waals surface area contributed by atoms with Gasteiger partial charge in [0.15, 0.2) is 5.65 Å². The Morgan fingerprint density at radius 2 is 2.13 bits per heavy atom. The third-order valence-electron chi connectivity index (χ3n) is 2.37. The Labute approximate surface area is 88.8 Å². The number of hydrogen-bond donors (Lipinski definition) is 1. The molecule has 2 aromatic heterocycles. The Hall–Kier alpha value is -1.71. The van der Waals surface area contributed by atoms with Crippen molar-refractivity contribution in [3.63, 3.8) is 0 Å². The standard InChI is InChI=1S/C11H14N4/c1-7(2)9-4-10(12-3)8-5-13-6-14-11(8)15-9/h4-7H,1-3H3,(H,12,13,14,15). The molecule has 0 radical (unpaired) electrons. The molecule has 0 bridgehead atoms. The average Bonchev–Trinajstić information content (AvgIpc) is 2.27. The van der Waals surface area contributed by atoms with Gasteiger partial charge in [0.1, 0.15) is 6.33 Å². The molecule has 1 N–H and O–H groups in total. The fourth-order valence-electron chi connectivity index (χ4n) is 1.49. The summed E-state index contributed by atoms with van der Waals surface area (Å²) in [4.78, 5) is 12.7. The van der Waals surface area contributed by atoms with Gasteiger partial charge in [0.25, 0.3) is 0 Å². The molecule has 0 aromatic carbocycles. The van der Waals surface area contributed by atoms with Crippen molar-refractivity contribution in [1.82, 2.24) is 15.0 Å². The molecule has 15 heavy (non-hydrogen) atoms. The van der Waals surface area contributed by atoms with Crippen LogP contribution in [-0.2, 0) is 0 Å². The summed E-state index contributed by atoms with van der Waals surface area (Å²) in [5, 5.41) is 4.11. The lowest BCUT2D eigenvalue weighted by atomic mass is 10.1. The molecule has 0 saturated carbocycles. The molecule has 2 heterocycles. The lowest BCUT2D eigenvalue weighted by molar-refractivity contribution is 0.827. The van der Waals surface area contributed by atoms with E-state index in [9.17, 15) is 0 Å². The Bertz CT molecular complexity index is 479. The highest BCUT2D eigenvalue weighted by molar-refractivity contribution is 5.88. The van der Waals surface area contributed by atoms with E-state index in [1.807, 2.05) is 7.05 Å². The van der Waals surface area contributed by atoms with Crippen molar-refractivity contribution in [3.05, 3.63) is 24.3 Å². The Morgan fingerprint density at radius 3 is 2.80 bits per heavy atom. The fourth-order valence-corrected chi connectivity index (χ4v) is 1.49. The van der Waals surface area contributed by atoms with Crippen molar-refractivity contribution in [2.24, 2.45) is 0 Å². The summed E-state index contributed by atoms with van der Waals surface area (Å²) < 4.78 is 0. The first-order chi connectivity index (χ1) is 7.22. The van der Waals surface area contributed by atoms with E-state index >= 15 is 0 Å². The van der Waals surface area contributed by atoms with Crippen molar-refractivity contribution in [2.45, 2.75) is 19.8 Å². The van der Waals surface area contributed by atoms with Gasteiger partial charge in [-0.15, -0.1) is 0 Å². The molecule has 4 nitrogen and oxygen atoms in total. The van der Waals surface area contributed by atoms with Gasteiger partial charge >= 0.3 is 0 Å². The zero-order valence-electron chi connectivity index (χ0n) is 9.15. The van der Waals surface area contributed by atoms with Crippen LogP contribution in [0.4, 0.5) is 5.69 Å². The third kappa shape index (κ3) is 1.75. The van der Waals surface area contributed by atoms with E-state index in [1.54, 1.807) is 6.20 Å². The van der Waals surface area contributed by atoms with Gasteiger partial charge in [-0.25, -0.2) is 15.0 Å². The maximum atomic E-state index is 4.49. The van der Waals surface area contributed by atoms with Crippen molar-refractivity contribution < 1.29 is 0 Å². The quantitative estimate of drug-likeness (QED) is 0.811. The smallest absolute Gasteiger partial charge is 0.164 e. The summed E-state index contributed by atoms with van der Waals surface area (Å²) in [7, 11) is 1.89. The van der Waals surface area contributed by atoms with Gasteiger partial charge in [0.05, 0.1) is 5.39 Å². The van der Waals surface area contributed by atoms with E-state index in [1.165, 1.54) is 6.33 Å². The summed E-state index contributed by atoms with van der Waals surface area (Å²) in [6.45, 7) is 4.24. The fraction of sp³-hybridized carbons (Fsp3) is 0.364. The second kappa shape index (κ2) is 3.81. The lowest BCUT2D eigenvalue weighted by Crippen LogP contribution is -1.99. The second-order valence-electron chi connectivity index (χ2n) is 3.76. The minimum atomic E-state index is 0.400. The van der Waals surface area contributed by atoms with Crippen molar-refractivity contribution >= 4 is 16.7 Å². The number of rotatable bonds is 2. The number of aromatic nitrogens is 3. The number of fused-ring (bicyclic) bond motifs is 1. The van der Waals surface area contributed by atoms with Crippen LogP contribution >= 0.6 is 0 Å². The first-order valence-corrected chi connectivity index (χ1v) is 5.00. The van der Waals surface area contributed by atoms with E-state index in [0.717, 1.165) is 22.4 Å². The van der Waals surface area contributed by atoms with Gasteiger partial charge in [-0.05, 0) is 12.0 Å². The Balaban J connectivity index is 2.71. The SMILES string of the molecule is CNc1cc(C(C)C)nc2ncncc12. The molecule has 0 saturated heterocycles. The van der Waals surface area contributed by atoms with E-state index in [-0.39, 0.29) is 0 Å². The molecule has 2 aromatic rings. The first kappa shape index (κ1) is 9.83. The number of anilines is 1. The van der Waals surface area contributed by atoms with Crippen LogP contribution in [0.2, 0.25) is 0 Å². The molecule has 0 atom stereocenters. The van der Waals surface area contributed by atoms with Crippen LogP contribution < -0.4 is 5.32 Å². The molecule has 0 unspecified atom stereocenters. The first-order valence-electron chi connectivity index (χ1n) is 5.00. The normalized spacial score (nSPS) is 10.9. The van der Waals surface area contributed by atoms with Crippen molar-refractivity contribution in [1.29, 1.82) is 0 Å². The topological polar surface area (TPSA) is 50.7 Å². The van der Waals surface area contributed by atoms with Crippen LogP contribution in [-0.4, -0.2) is 22.0 Å². The number of hydrogen-bond acceptors (Lipinski definition) is 4. The van der Waals surface area contributed by atoms with Crippen molar-refractivity contribution in [3.8, 4) is 0 Å². The minimum Gasteiger partial charge on any atom is -0.387 e. The maximum absolute atomic E-state index is 4.49. The molecule has 0 aliphatic carbocycles. The van der Waals surface area contributed by atoms with Gasteiger partial charge in [0, 0.05) is 24.6 Å². The van der Waals surface area contributed by atoms with E-state index in [4.69, 9.17) is 0 Å². The predicted octanol–water partition coefficient (Wildman–Crippen LogP) is 2.19. The summed E-state index contributed by atoms with van der Waals surface area (Å²) in [5.41, 5.74) is 2.83. The van der Waals surface area contributed by atoms with Crippen LogP contribution in [0.5, 0.6) is 0 Å². The van der Waals surface area contributed by atoms with Crippen LogP contribution in [0.25, 0.3) is 11.0 Å². The summed E-state index contributed by atoms with van der Waals surface area (Å²) in [6.07, 6.45) is 3.31. The van der Waals surface area contributed by atoms with Gasteiger partial charge in [0.2, 0.25) is 0 Å². The zero-order chi connectivity index (χ0) is 10.8. The molecule has 0 spiro atoms. The highest BCUT2D eigenvalue weighted by Crippen LogP contribution is 2.23. The van der Waals surface area contributed by atoms with Gasteiger partial charge < -0.3 is 5.32 Å². The summed E-state index contributed by atoms with van der Waals surface area (Å²) in [5.74, 6) is 0.400. The molecular weight excluding hydrogens is 188 g/mol. The highest BCUT2D eigenvalue weighted by Gasteiger charge is 2.07. The molecule has 2 rings (SSSR count). The van der Waals surface area contributed by atoms with E-state index in [0.29, 0.717) is 5.92 Å². The largest absolute Gasteiger partial charge is 0.387 e. The van der Waals surface area contributed by atoms with Crippen LogP contribution in [0.15, 0.2) is 18.6 Å². The summed E-state index contributed by atoms with van der Waals surface area (Å²) in [6, 6.07) is 2.05. The predicted molar refractivity (Wildman–Crippen MR) is 61.0 cm³/mol. The molecular formula is C11H14N4. The molecule has 0 amide bonds. The molecule has 78 valence electrons. The highest BCUT2D eigenvalue weighted by atomic mass is 14.9. The molecule has 0 fully saturated rings. The second-order valence-corrected chi connectivity index (χ2v) is 3.76. The Morgan fingerprint density at radius 1 is 1.33 bits per heavy atom. The average molecular weight is 202 g/mol. The van der Waals surface area contributed by atoms with E-state index in [2.05, 4.69) is 40.2 Å². The van der Waals surface area contributed by atoms with Crippen LogP contribution in [0.1, 0.15) is 25.5 Å².